The van der Waals surface area contributed by atoms with Crippen LogP contribution < -0.4 is 0 Å². The highest BCUT2D eigenvalue weighted by Crippen LogP contribution is 2.26. The third kappa shape index (κ3) is 4.83. The molecule has 1 rings (SSSR count). The summed E-state index contributed by atoms with van der Waals surface area (Å²) < 4.78 is 0. The largest absolute Gasteiger partial charge is 0.0842 e. The minimum atomic E-state index is 0.446. The van der Waals surface area contributed by atoms with Crippen molar-refractivity contribution in [2.45, 2.75) is 52.3 Å². The average Bonchev–Trinajstić information content (AvgIpc) is 2.18. The summed E-state index contributed by atoms with van der Waals surface area (Å²) in [6, 6.07) is 6.98. The summed E-state index contributed by atoms with van der Waals surface area (Å²) >= 11 is 3.66. The monoisotopic (exact) mass is 296 g/mol. The predicted molar refractivity (Wildman–Crippen MR) is 80.9 cm³/mol. The van der Waals surface area contributed by atoms with Gasteiger partial charge in [0.1, 0.15) is 0 Å². The van der Waals surface area contributed by atoms with E-state index in [4.69, 9.17) is 0 Å². The molecule has 0 aliphatic heterocycles. The first-order valence-electron chi connectivity index (χ1n) is 6.66. The van der Waals surface area contributed by atoms with Crippen molar-refractivity contribution in [3.05, 3.63) is 34.9 Å². The van der Waals surface area contributed by atoms with E-state index in [1.54, 1.807) is 0 Å². The molecule has 1 heteroatoms. The predicted octanol–water partition coefficient (Wildman–Crippen LogP) is 5.54. The van der Waals surface area contributed by atoms with Crippen LogP contribution in [0.5, 0.6) is 0 Å². The summed E-state index contributed by atoms with van der Waals surface area (Å²) in [7, 11) is 0. The summed E-state index contributed by atoms with van der Waals surface area (Å²) in [6.45, 7) is 11.4. The fourth-order valence-electron chi connectivity index (χ4n) is 2.16. The Morgan fingerprint density at radius 1 is 0.882 bits per heavy atom. The van der Waals surface area contributed by atoms with Crippen LogP contribution in [0.2, 0.25) is 0 Å². The highest BCUT2D eigenvalue weighted by Gasteiger charge is 2.09. The van der Waals surface area contributed by atoms with Gasteiger partial charge in [0, 0.05) is 4.83 Å². The van der Waals surface area contributed by atoms with Crippen molar-refractivity contribution in [1.82, 2.24) is 0 Å². The van der Waals surface area contributed by atoms with Gasteiger partial charge in [-0.25, -0.2) is 0 Å². The van der Waals surface area contributed by atoms with Gasteiger partial charge in [0.05, 0.1) is 0 Å². The van der Waals surface area contributed by atoms with Gasteiger partial charge in [-0.05, 0) is 48.3 Å². The second-order valence-electron chi connectivity index (χ2n) is 5.84. The van der Waals surface area contributed by atoms with Crippen LogP contribution in [-0.4, -0.2) is 0 Å². The molecule has 0 fully saturated rings. The lowest BCUT2D eigenvalue weighted by atomic mass is 9.91. The molecule has 96 valence electrons. The smallest absolute Gasteiger partial charge is 0.0367 e. The van der Waals surface area contributed by atoms with E-state index in [0.717, 1.165) is 11.8 Å². The first-order valence-corrected chi connectivity index (χ1v) is 7.57. The molecule has 0 nitrogen and oxygen atoms in total. The van der Waals surface area contributed by atoms with Gasteiger partial charge in [-0.15, -0.1) is 0 Å². The molecule has 0 N–H and O–H groups in total. The summed E-state index contributed by atoms with van der Waals surface area (Å²) in [5.74, 6) is 1.45. The molecule has 1 aromatic carbocycles. The van der Waals surface area contributed by atoms with E-state index in [0.29, 0.717) is 4.83 Å². The van der Waals surface area contributed by atoms with E-state index < -0.39 is 0 Å². The van der Waals surface area contributed by atoms with Crippen molar-refractivity contribution in [2.75, 3.05) is 0 Å². The molecule has 0 radical (unpaired) electrons. The van der Waals surface area contributed by atoms with Crippen LogP contribution in [0.1, 0.15) is 56.1 Å². The maximum Gasteiger partial charge on any atom is 0.0367 e. The molecule has 0 aliphatic carbocycles. The number of rotatable bonds is 5. The highest BCUT2D eigenvalue weighted by molar-refractivity contribution is 9.09. The van der Waals surface area contributed by atoms with Crippen LogP contribution in [-0.2, 0) is 12.8 Å². The van der Waals surface area contributed by atoms with Gasteiger partial charge in [0.25, 0.3) is 0 Å². The first kappa shape index (κ1) is 14.8. The lowest BCUT2D eigenvalue weighted by Gasteiger charge is -2.16. The second kappa shape index (κ2) is 6.58. The molecule has 0 bridgehead atoms. The molecule has 1 atom stereocenters. The Bertz CT molecular complexity index is 351. The standard InChI is InChI=1S/C16H25Br/c1-11(2)8-15-7-6-14(13(5)17)10-16(15)9-12(3)4/h6-7,10-13H,8-9H2,1-5H3. The zero-order chi connectivity index (χ0) is 13.0. The molecular weight excluding hydrogens is 272 g/mol. The van der Waals surface area contributed by atoms with E-state index >= 15 is 0 Å². The van der Waals surface area contributed by atoms with E-state index in [2.05, 4.69) is 68.7 Å². The van der Waals surface area contributed by atoms with Crippen LogP contribution in [0.3, 0.4) is 0 Å². The van der Waals surface area contributed by atoms with Gasteiger partial charge in [-0.3, -0.25) is 0 Å². The molecule has 0 saturated carbocycles. The molecule has 17 heavy (non-hydrogen) atoms. The van der Waals surface area contributed by atoms with Crippen LogP contribution in [0.15, 0.2) is 18.2 Å². The second-order valence-corrected chi connectivity index (χ2v) is 7.21. The molecule has 0 aromatic heterocycles. The Labute approximate surface area is 115 Å². The fourth-order valence-corrected chi connectivity index (χ4v) is 2.45. The van der Waals surface area contributed by atoms with Gasteiger partial charge in [-0.2, -0.15) is 0 Å². The molecule has 0 aliphatic rings. The quantitative estimate of drug-likeness (QED) is 0.626. The van der Waals surface area contributed by atoms with Gasteiger partial charge >= 0.3 is 0 Å². The zero-order valence-electron chi connectivity index (χ0n) is 11.8. The number of hydrogen-bond donors (Lipinski definition) is 0. The van der Waals surface area contributed by atoms with Crippen molar-refractivity contribution in [3.8, 4) is 0 Å². The number of halogens is 1. The number of hydrogen-bond acceptors (Lipinski definition) is 0. The van der Waals surface area contributed by atoms with Crippen LogP contribution in [0.25, 0.3) is 0 Å². The van der Waals surface area contributed by atoms with Crippen LogP contribution in [0, 0.1) is 11.8 Å². The maximum atomic E-state index is 3.66. The minimum Gasteiger partial charge on any atom is -0.0842 e. The molecule has 0 spiro atoms. The SMILES string of the molecule is CC(C)Cc1ccc(C(C)Br)cc1CC(C)C. The average molecular weight is 297 g/mol. The van der Waals surface area contributed by atoms with E-state index in [-0.39, 0.29) is 0 Å². The molecule has 1 aromatic rings. The van der Waals surface area contributed by atoms with E-state index in [1.807, 2.05) is 0 Å². The Kier molecular flexibility index (Phi) is 5.72. The topological polar surface area (TPSA) is 0 Å². The van der Waals surface area contributed by atoms with Crippen molar-refractivity contribution in [3.63, 3.8) is 0 Å². The van der Waals surface area contributed by atoms with Crippen molar-refractivity contribution >= 4 is 15.9 Å². The van der Waals surface area contributed by atoms with Crippen molar-refractivity contribution < 1.29 is 0 Å². The normalized spacial score (nSPS) is 13.4. The molecule has 0 saturated heterocycles. The third-order valence-electron chi connectivity index (χ3n) is 2.95. The maximum absolute atomic E-state index is 3.66. The third-order valence-corrected chi connectivity index (χ3v) is 3.47. The number of alkyl halides is 1. The van der Waals surface area contributed by atoms with Crippen molar-refractivity contribution in [2.24, 2.45) is 11.8 Å². The molecule has 0 amide bonds. The Hall–Kier alpha value is -0.300. The summed E-state index contributed by atoms with van der Waals surface area (Å²) in [5.41, 5.74) is 4.47. The molecule has 0 heterocycles. The van der Waals surface area contributed by atoms with Gasteiger partial charge in [0.15, 0.2) is 0 Å². The van der Waals surface area contributed by atoms with Gasteiger partial charge in [0.2, 0.25) is 0 Å². The fraction of sp³-hybridized carbons (Fsp3) is 0.625. The lowest BCUT2D eigenvalue weighted by Crippen LogP contribution is -2.04. The Morgan fingerprint density at radius 2 is 1.41 bits per heavy atom. The summed E-state index contributed by atoms with van der Waals surface area (Å²) in [5, 5.41) is 0. The summed E-state index contributed by atoms with van der Waals surface area (Å²) in [6.07, 6.45) is 2.38. The van der Waals surface area contributed by atoms with E-state index in [1.165, 1.54) is 29.5 Å². The zero-order valence-corrected chi connectivity index (χ0v) is 13.3. The minimum absolute atomic E-state index is 0.446. The van der Waals surface area contributed by atoms with Crippen molar-refractivity contribution in [1.29, 1.82) is 0 Å². The first-order chi connectivity index (χ1) is 7.90. The number of benzene rings is 1. The molecular formula is C16H25Br. The van der Waals surface area contributed by atoms with Crippen LogP contribution >= 0.6 is 15.9 Å². The van der Waals surface area contributed by atoms with Gasteiger partial charge in [-0.1, -0.05) is 61.8 Å². The van der Waals surface area contributed by atoms with Crippen LogP contribution in [0.4, 0.5) is 0 Å². The lowest BCUT2D eigenvalue weighted by molar-refractivity contribution is 0.615. The Morgan fingerprint density at radius 3 is 1.88 bits per heavy atom. The van der Waals surface area contributed by atoms with E-state index in [9.17, 15) is 0 Å². The van der Waals surface area contributed by atoms with Gasteiger partial charge < -0.3 is 0 Å². The molecule has 1 unspecified atom stereocenters. The summed E-state index contributed by atoms with van der Waals surface area (Å²) in [4.78, 5) is 0.446. The Balaban J connectivity index is 3.03. The highest BCUT2D eigenvalue weighted by atomic mass is 79.9.